The highest BCUT2D eigenvalue weighted by Gasteiger charge is 2.28. The van der Waals surface area contributed by atoms with Gasteiger partial charge in [0.1, 0.15) is 0 Å². The fourth-order valence-electron chi connectivity index (χ4n) is 3.79. The average Bonchev–Trinajstić information content (AvgIpc) is 3.02. The van der Waals surface area contributed by atoms with Gasteiger partial charge in [-0.25, -0.2) is 0 Å². The number of hydrogen-bond acceptors (Lipinski definition) is 0. The van der Waals surface area contributed by atoms with Gasteiger partial charge in [-0.2, -0.15) is 0 Å². The minimum absolute atomic E-state index is 1.12. The Bertz CT molecular complexity index is 844. The lowest BCUT2D eigenvalue weighted by Gasteiger charge is -2.16. The van der Waals surface area contributed by atoms with Gasteiger partial charge in [0.15, 0.2) is 0 Å². The smallest absolute Gasteiger partial charge is 0.00481 e. The molecule has 20 heavy (non-hydrogen) atoms. The molecule has 0 nitrogen and oxygen atoms in total. The molecule has 0 heterocycles. The second-order valence-corrected chi connectivity index (χ2v) is 5.84. The maximum Gasteiger partial charge on any atom is -0.00481 e. The predicted molar refractivity (Wildman–Crippen MR) is 84.1 cm³/mol. The van der Waals surface area contributed by atoms with E-state index in [-0.39, 0.29) is 0 Å². The van der Waals surface area contributed by atoms with E-state index >= 15 is 0 Å². The van der Waals surface area contributed by atoms with Gasteiger partial charge in [0.2, 0.25) is 0 Å². The lowest BCUT2D eigenvalue weighted by molar-refractivity contribution is 1.08. The van der Waals surface area contributed by atoms with Crippen molar-refractivity contribution in [3.05, 3.63) is 88.0 Å². The van der Waals surface area contributed by atoms with E-state index in [9.17, 15) is 0 Å². The van der Waals surface area contributed by atoms with Crippen molar-refractivity contribution in [2.24, 2.45) is 0 Å². The summed E-state index contributed by atoms with van der Waals surface area (Å²) in [6, 6.07) is 17.6. The third-order valence-corrected chi connectivity index (χ3v) is 4.71. The molecule has 0 spiro atoms. The van der Waals surface area contributed by atoms with Crippen molar-refractivity contribution in [2.75, 3.05) is 0 Å². The van der Waals surface area contributed by atoms with Crippen LogP contribution in [-0.2, 0) is 6.42 Å². The molecule has 0 atom stereocenters. The summed E-state index contributed by atoms with van der Waals surface area (Å²) in [6.45, 7) is 0. The van der Waals surface area contributed by atoms with Crippen LogP contribution in [0.25, 0.3) is 17.2 Å². The van der Waals surface area contributed by atoms with Crippen LogP contribution < -0.4 is 0 Å². The van der Waals surface area contributed by atoms with Crippen molar-refractivity contribution in [2.45, 2.75) is 12.8 Å². The third kappa shape index (κ3) is 1.26. The van der Waals surface area contributed by atoms with E-state index in [1.54, 1.807) is 5.57 Å². The molecule has 0 bridgehead atoms. The summed E-state index contributed by atoms with van der Waals surface area (Å²) in [5.74, 6) is 0. The quantitative estimate of drug-likeness (QED) is 0.628. The Hall–Kier alpha value is -2.34. The standard InChI is InChI=1S/C20H14/c1-3-7-17-13(5-1)9-15-11-16-10-14-6-2-4-8-18(14)20(16)12-19(15)17/h1-9,12H,10-11H2. The van der Waals surface area contributed by atoms with Gasteiger partial charge in [0, 0.05) is 0 Å². The monoisotopic (exact) mass is 254 g/mol. The Morgan fingerprint density at radius 3 is 2.45 bits per heavy atom. The molecule has 3 aliphatic carbocycles. The summed E-state index contributed by atoms with van der Waals surface area (Å²) in [4.78, 5) is 0. The van der Waals surface area contributed by atoms with Crippen molar-refractivity contribution in [1.29, 1.82) is 0 Å². The first-order valence-electron chi connectivity index (χ1n) is 7.22. The second kappa shape index (κ2) is 3.61. The highest BCUT2D eigenvalue weighted by molar-refractivity contribution is 6.03. The first-order valence-corrected chi connectivity index (χ1v) is 7.22. The molecule has 0 heteroatoms. The summed E-state index contributed by atoms with van der Waals surface area (Å²) >= 11 is 0. The average molecular weight is 254 g/mol. The van der Waals surface area contributed by atoms with Crippen molar-refractivity contribution < 1.29 is 0 Å². The molecule has 2 aromatic carbocycles. The third-order valence-electron chi connectivity index (χ3n) is 4.71. The van der Waals surface area contributed by atoms with Crippen LogP contribution in [0.5, 0.6) is 0 Å². The zero-order chi connectivity index (χ0) is 13.1. The number of benzene rings is 2. The molecule has 0 aromatic heterocycles. The highest BCUT2D eigenvalue weighted by Crippen LogP contribution is 2.48. The summed E-state index contributed by atoms with van der Waals surface area (Å²) in [5.41, 5.74) is 11.7. The minimum atomic E-state index is 1.12. The molecule has 0 radical (unpaired) electrons. The Morgan fingerprint density at radius 2 is 1.50 bits per heavy atom. The lowest BCUT2D eigenvalue weighted by Crippen LogP contribution is -1.96. The molecule has 94 valence electrons. The molecule has 0 unspecified atom stereocenters. The van der Waals surface area contributed by atoms with Crippen molar-refractivity contribution in [1.82, 2.24) is 0 Å². The molecule has 0 aliphatic heterocycles. The zero-order valence-electron chi connectivity index (χ0n) is 11.2. The molecule has 0 fully saturated rings. The van der Waals surface area contributed by atoms with Crippen LogP contribution in [0, 0.1) is 0 Å². The van der Waals surface area contributed by atoms with E-state index in [1.807, 2.05) is 0 Å². The molecule has 5 rings (SSSR count). The number of rotatable bonds is 0. The van der Waals surface area contributed by atoms with E-state index in [1.165, 1.54) is 39.0 Å². The first-order chi connectivity index (χ1) is 9.90. The maximum atomic E-state index is 2.42. The SMILES string of the molecule is C1=C2CC3=C(C=C2c2ccccc21)c1ccccc1C3. The summed E-state index contributed by atoms with van der Waals surface area (Å²) in [7, 11) is 0. The maximum absolute atomic E-state index is 2.42. The lowest BCUT2D eigenvalue weighted by atomic mass is 9.88. The summed E-state index contributed by atoms with van der Waals surface area (Å²) in [5, 5.41) is 0. The number of fused-ring (bicyclic) bond motifs is 5. The van der Waals surface area contributed by atoms with E-state index in [0.717, 1.165) is 12.8 Å². The van der Waals surface area contributed by atoms with Gasteiger partial charge < -0.3 is 0 Å². The minimum Gasteiger partial charge on any atom is -0.0619 e. The molecular weight excluding hydrogens is 240 g/mol. The van der Waals surface area contributed by atoms with Crippen LogP contribution in [0.4, 0.5) is 0 Å². The van der Waals surface area contributed by atoms with Gasteiger partial charge in [-0.15, -0.1) is 0 Å². The van der Waals surface area contributed by atoms with Crippen LogP contribution in [0.1, 0.15) is 28.7 Å². The molecule has 0 N–H and O–H groups in total. The zero-order valence-corrected chi connectivity index (χ0v) is 11.2. The Labute approximate surface area is 118 Å². The van der Waals surface area contributed by atoms with E-state index in [2.05, 4.69) is 60.7 Å². The van der Waals surface area contributed by atoms with Gasteiger partial charge in [0.05, 0.1) is 0 Å². The fraction of sp³-hybridized carbons (Fsp3) is 0.100. The normalized spacial score (nSPS) is 18.0. The fourth-order valence-corrected chi connectivity index (χ4v) is 3.79. The van der Waals surface area contributed by atoms with Crippen molar-refractivity contribution in [3.63, 3.8) is 0 Å². The molecule has 0 amide bonds. The largest absolute Gasteiger partial charge is 0.0619 e. The van der Waals surface area contributed by atoms with Crippen LogP contribution in [0.15, 0.2) is 65.8 Å². The number of allylic oxidation sites excluding steroid dienone is 5. The van der Waals surface area contributed by atoms with Crippen molar-refractivity contribution >= 4 is 17.2 Å². The van der Waals surface area contributed by atoms with Crippen LogP contribution >= 0.6 is 0 Å². The van der Waals surface area contributed by atoms with Crippen LogP contribution in [-0.4, -0.2) is 0 Å². The van der Waals surface area contributed by atoms with E-state index in [0.29, 0.717) is 0 Å². The highest BCUT2D eigenvalue weighted by atomic mass is 14.3. The predicted octanol–water partition coefficient (Wildman–Crippen LogP) is 4.88. The Balaban J connectivity index is 1.72. The first kappa shape index (κ1) is 10.4. The van der Waals surface area contributed by atoms with Gasteiger partial charge in [-0.05, 0) is 57.9 Å². The summed E-state index contributed by atoms with van der Waals surface area (Å²) in [6.07, 6.45) is 7.03. The Morgan fingerprint density at radius 1 is 0.700 bits per heavy atom. The molecule has 2 aromatic rings. The molecule has 0 saturated carbocycles. The summed E-state index contributed by atoms with van der Waals surface area (Å²) < 4.78 is 0. The van der Waals surface area contributed by atoms with Gasteiger partial charge >= 0.3 is 0 Å². The molecular formula is C20H14. The molecule has 3 aliphatic rings. The van der Waals surface area contributed by atoms with E-state index in [4.69, 9.17) is 0 Å². The topological polar surface area (TPSA) is 0 Å². The van der Waals surface area contributed by atoms with Gasteiger partial charge in [-0.3, -0.25) is 0 Å². The van der Waals surface area contributed by atoms with Crippen LogP contribution in [0.2, 0.25) is 0 Å². The van der Waals surface area contributed by atoms with Crippen LogP contribution in [0.3, 0.4) is 0 Å². The van der Waals surface area contributed by atoms with Gasteiger partial charge in [0.25, 0.3) is 0 Å². The van der Waals surface area contributed by atoms with E-state index < -0.39 is 0 Å². The van der Waals surface area contributed by atoms with Gasteiger partial charge in [-0.1, -0.05) is 60.2 Å². The van der Waals surface area contributed by atoms with Crippen molar-refractivity contribution in [3.8, 4) is 0 Å². The molecule has 0 saturated heterocycles. The number of hydrogen-bond donors (Lipinski definition) is 0. The second-order valence-electron chi connectivity index (χ2n) is 5.84. The Kier molecular flexibility index (Phi) is 1.88.